The molecule has 0 aromatic carbocycles. The lowest BCUT2D eigenvalue weighted by Crippen LogP contribution is -2.12. The van der Waals surface area contributed by atoms with Crippen molar-refractivity contribution in [2.24, 2.45) is 17.3 Å². The largest absolute Gasteiger partial charge is 0.501 e. The summed E-state index contributed by atoms with van der Waals surface area (Å²) >= 11 is 0. The van der Waals surface area contributed by atoms with Crippen LogP contribution < -0.4 is 0 Å². The third kappa shape index (κ3) is 9.40. The molecule has 0 bridgehead atoms. The Bertz CT molecular complexity index is 560. The molecule has 4 heteroatoms. The lowest BCUT2D eigenvalue weighted by Gasteiger charge is -2.25. The van der Waals surface area contributed by atoms with Crippen LogP contribution in [0.4, 0.5) is 0 Å². The summed E-state index contributed by atoms with van der Waals surface area (Å²) in [6, 6.07) is 0. The third-order valence-electron chi connectivity index (χ3n) is 4.09. The van der Waals surface area contributed by atoms with Gasteiger partial charge in [-0.1, -0.05) is 66.3 Å². The fourth-order valence-electron chi connectivity index (χ4n) is 2.15. The molecular formula is C22H37O3P. The van der Waals surface area contributed by atoms with Crippen LogP contribution in [0.15, 0.2) is 59.6 Å². The zero-order valence-corrected chi connectivity index (χ0v) is 19.0. The molecule has 0 fully saturated rings. The van der Waals surface area contributed by atoms with Gasteiger partial charge in [0.1, 0.15) is 5.76 Å². The van der Waals surface area contributed by atoms with Crippen molar-refractivity contribution >= 4 is 9.03 Å². The Labute approximate surface area is 162 Å². The Hall–Kier alpha value is -1.31. The smallest absolute Gasteiger partial charge is 0.215 e. The SMILES string of the molecule is C=C\C=C(/C(=C/C(=C/C(C)C(C)C)/C=C(\C)OC)OPOC)C(C)(C)C. The molecule has 0 amide bonds. The second-order valence-electron chi connectivity index (χ2n) is 7.69. The lowest BCUT2D eigenvalue weighted by molar-refractivity contribution is 0.293. The highest BCUT2D eigenvalue weighted by molar-refractivity contribution is 7.26. The number of hydrogen-bond donors (Lipinski definition) is 0. The van der Waals surface area contributed by atoms with E-state index < -0.39 is 0 Å². The van der Waals surface area contributed by atoms with Gasteiger partial charge in [-0.15, -0.1) is 0 Å². The van der Waals surface area contributed by atoms with E-state index in [4.69, 9.17) is 13.8 Å². The summed E-state index contributed by atoms with van der Waals surface area (Å²) in [5, 5.41) is 0. The average Bonchev–Trinajstić information content (AvgIpc) is 2.55. The van der Waals surface area contributed by atoms with Gasteiger partial charge in [-0.25, -0.2) is 0 Å². The molecule has 0 aliphatic heterocycles. The van der Waals surface area contributed by atoms with Gasteiger partial charge in [0.2, 0.25) is 9.03 Å². The van der Waals surface area contributed by atoms with E-state index in [1.165, 1.54) is 0 Å². The molecular weight excluding hydrogens is 343 g/mol. The van der Waals surface area contributed by atoms with Gasteiger partial charge in [0, 0.05) is 7.11 Å². The summed E-state index contributed by atoms with van der Waals surface area (Å²) in [4.78, 5) is 0. The second-order valence-corrected chi connectivity index (χ2v) is 8.47. The van der Waals surface area contributed by atoms with E-state index in [2.05, 4.69) is 60.3 Å². The predicted octanol–water partition coefficient (Wildman–Crippen LogP) is 6.97. The summed E-state index contributed by atoms with van der Waals surface area (Å²) in [5.41, 5.74) is 2.04. The summed E-state index contributed by atoms with van der Waals surface area (Å²) in [7, 11) is 3.25. The Kier molecular flexibility index (Phi) is 11.5. The number of hydrogen-bond acceptors (Lipinski definition) is 3. The number of allylic oxidation sites excluding steroid dienone is 8. The first-order chi connectivity index (χ1) is 12.1. The van der Waals surface area contributed by atoms with Crippen molar-refractivity contribution in [3.8, 4) is 0 Å². The van der Waals surface area contributed by atoms with Gasteiger partial charge in [0.25, 0.3) is 0 Å². The van der Waals surface area contributed by atoms with Gasteiger partial charge in [-0.2, -0.15) is 0 Å². The quantitative estimate of drug-likeness (QED) is 0.233. The summed E-state index contributed by atoms with van der Waals surface area (Å²) < 4.78 is 16.5. The van der Waals surface area contributed by atoms with Crippen LogP contribution in [0.1, 0.15) is 48.5 Å². The first kappa shape index (κ1) is 24.7. The normalized spacial score (nSPS) is 16.4. The van der Waals surface area contributed by atoms with Gasteiger partial charge < -0.3 is 13.8 Å². The molecule has 148 valence electrons. The van der Waals surface area contributed by atoms with Crippen molar-refractivity contribution in [3.05, 3.63) is 59.6 Å². The van der Waals surface area contributed by atoms with Crippen molar-refractivity contribution in [1.82, 2.24) is 0 Å². The molecule has 0 aliphatic carbocycles. The van der Waals surface area contributed by atoms with Crippen LogP contribution >= 0.6 is 9.03 Å². The third-order valence-corrected chi connectivity index (χ3v) is 4.56. The van der Waals surface area contributed by atoms with E-state index in [1.807, 2.05) is 19.1 Å². The molecule has 2 atom stereocenters. The van der Waals surface area contributed by atoms with Gasteiger partial charge in [0.05, 0.1) is 12.9 Å². The maximum absolute atomic E-state index is 5.96. The van der Waals surface area contributed by atoms with Crippen LogP contribution in [0.5, 0.6) is 0 Å². The van der Waals surface area contributed by atoms with Crippen LogP contribution in [-0.4, -0.2) is 14.2 Å². The minimum atomic E-state index is -0.0902. The summed E-state index contributed by atoms with van der Waals surface area (Å²) in [6.07, 6.45) is 10.1. The average molecular weight is 381 g/mol. The molecule has 0 heterocycles. The maximum atomic E-state index is 5.96. The standard InChI is InChI=1S/C22H37O3P/c1-11-12-20(22(6,7)8)21(25-26-24-10)15-19(14-18(5)23-9)13-17(4)16(2)3/h11-17,26H,1H2,2-10H3/b18-14+,19-13+,20-12+,21-15-. The van der Waals surface area contributed by atoms with Crippen molar-refractivity contribution in [1.29, 1.82) is 0 Å². The van der Waals surface area contributed by atoms with E-state index in [0.29, 0.717) is 11.8 Å². The molecule has 0 rings (SSSR count). The predicted molar refractivity (Wildman–Crippen MR) is 115 cm³/mol. The van der Waals surface area contributed by atoms with E-state index in [-0.39, 0.29) is 14.4 Å². The fourth-order valence-corrected chi connectivity index (χ4v) is 2.49. The summed E-state index contributed by atoms with van der Waals surface area (Å²) in [5.74, 6) is 2.61. The van der Waals surface area contributed by atoms with Crippen LogP contribution in [0.3, 0.4) is 0 Å². The molecule has 0 spiro atoms. The van der Waals surface area contributed by atoms with Gasteiger partial charge in [-0.05, 0) is 47.5 Å². The topological polar surface area (TPSA) is 27.7 Å². The van der Waals surface area contributed by atoms with E-state index in [1.54, 1.807) is 20.3 Å². The van der Waals surface area contributed by atoms with Crippen molar-refractivity contribution in [2.75, 3.05) is 14.2 Å². The first-order valence-corrected chi connectivity index (χ1v) is 9.82. The molecule has 0 radical (unpaired) electrons. The van der Waals surface area contributed by atoms with Gasteiger partial charge in [0.15, 0.2) is 0 Å². The molecule has 0 aliphatic rings. The van der Waals surface area contributed by atoms with Crippen molar-refractivity contribution < 1.29 is 13.8 Å². The first-order valence-electron chi connectivity index (χ1n) is 9.01. The monoisotopic (exact) mass is 380 g/mol. The molecule has 26 heavy (non-hydrogen) atoms. The van der Waals surface area contributed by atoms with Gasteiger partial charge in [-0.3, -0.25) is 0 Å². The zero-order chi connectivity index (χ0) is 20.3. The molecule has 0 N–H and O–H groups in total. The van der Waals surface area contributed by atoms with Crippen molar-refractivity contribution in [2.45, 2.75) is 48.5 Å². The minimum Gasteiger partial charge on any atom is -0.501 e. The maximum Gasteiger partial charge on any atom is 0.215 e. The van der Waals surface area contributed by atoms with Crippen LogP contribution in [0, 0.1) is 17.3 Å². The van der Waals surface area contributed by atoms with Crippen molar-refractivity contribution in [3.63, 3.8) is 0 Å². The molecule has 0 aromatic heterocycles. The van der Waals surface area contributed by atoms with E-state index in [9.17, 15) is 0 Å². The Morgan fingerprint density at radius 1 is 1.08 bits per heavy atom. The summed E-state index contributed by atoms with van der Waals surface area (Å²) in [6.45, 7) is 18.9. The zero-order valence-electron chi connectivity index (χ0n) is 18.0. The number of rotatable bonds is 10. The highest BCUT2D eigenvalue weighted by Gasteiger charge is 2.22. The number of methoxy groups -OCH3 is 1. The number of ether oxygens (including phenoxy) is 1. The Morgan fingerprint density at radius 2 is 1.69 bits per heavy atom. The van der Waals surface area contributed by atoms with E-state index in [0.717, 1.165) is 22.7 Å². The lowest BCUT2D eigenvalue weighted by atomic mass is 9.84. The van der Waals surface area contributed by atoms with Crippen LogP contribution in [-0.2, 0) is 13.8 Å². The highest BCUT2D eigenvalue weighted by Crippen LogP contribution is 2.36. The molecule has 0 saturated heterocycles. The molecule has 3 nitrogen and oxygen atoms in total. The highest BCUT2D eigenvalue weighted by atomic mass is 31.1. The van der Waals surface area contributed by atoms with E-state index >= 15 is 0 Å². The molecule has 2 unspecified atom stereocenters. The minimum absolute atomic E-state index is 0.0641. The van der Waals surface area contributed by atoms with Crippen LogP contribution in [0.25, 0.3) is 0 Å². The molecule has 0 saturated carbocycles. The Morgan fingerprint density at radius 3 is 2.12 bits per heavy atom. The second kappa shape index (κ2) is 12.1. The fraction of sp³-hybridized carbons (Fsp3) is 0.545. The van der Waals surface area contributed by atoms with Crippen LogP contribution in [0.2, 0.25) is 0 Å². The Balaban J connectivity index is 6.29. The molecule has 0 aromatic rings. The van der Waals surface area contributed by atoms with Gasteiger partial charge >= 0.3 is 0 Å².